The Morgan fingerprint density at radius 1 is 0.542 bits per heavy atom. The van der Waals surface area contributed by atoms with Gasteiger partial charge < -0.3 is 0 Å². The van der Waals surface area contributed by atoms with Gasteiger partial charge in [0.15, 0.2) is 0 Å². The fourth-order valence-electron chi connectivity index (χ4n) is 7.68. The average molecular weight is 656 g/mol. The first-order valence-corrected chi connectivity index (χ1v) is 20.9. The highest BCUT2D eigenvalue weighted by Crippen LogP contribution is 2.27. The molecule has 1 heterocycles. The van der Waals surface area contributed by atoms with Crippen molar-refractivity contribution in [1.29, 1.82) is 0 Å². The maximum Gasteiger partial charge on any atom is 0.256 e. The highest BCUT2D eigenvalue weighted by molar-refractivity contribution is 5.24. The van der Waals surface area contributed by atoms with E-state index >= 15 is 0 Å². The van der Waals surface area contributed by atoms with Crippen LogP contribution in [0.3, 0.4) is 0 Å². The summed E-state index contributed by atoms with van der Waals surface area (Å²) in [5, 5.41) is 0. The summed E-state index contributed by atoms with van der Waals surface area (Å²) in [5.74, 6) is 2.08. The molecule has 0 aliphatic rings. The monoisotopic (exact) mass is 656 g/mol. The number of benzene rings is 2. The summed E-state index contributed by atoms with van der Waals surface area (Å²) in [6.45, 7) is 8.26. The number of hydrogen-bond acceptors (Lipinski definition) is 0. The molecule has 0 aliphatic carbocycles. The molecule has 0 bridgehead atoms. The molecule has 0 saturated carbocycles. The van der Waals surface area contributed by atoms with Crippen molar-refractivity contribution >= 4 is 0 Å². The Labute approximate surface area is 298 Å². The number of aromatic nitrogens is 2. The maximum absolute atomic E-state index is 2.66. The van der Waals surface area contributed by atoms with Crippen molar-refractivity contribution in [2.24, 2.45) is 0 Å². The number of hydrogen-bond donors (Lipinski definition) is 0. The van der Waals surface area contributed by atoms with Gasteiger partial charge in [-0.1, -0.05) is 190 Å². The molecule has 0 N–H and O–H groups in total. The molecule has 0 spiro atoms. The van der Waals surface area contributed by atoms with Crippen molar-refractivity contribution in [1.82, 2.24) is 4.57 Å². The second-order valence-corrected chi connectivity index (χ2v) is 15.0. The summed E-state index contributed by atoms with van der Waals surface area (Å²) in [7, 11) is 0. The zero-order valence-electron chi connectivity index (χ0n) is 31.9. The lowest BCUT2D eigenvalue weighted by atomic mass is 9.88. The van der Waals surface area contributed by atoms with Crippen LogP contribution in [-0.2, 0) is 19.4 Å². The van der Waals surface area contributed by atoms with E-state index in [1.807, 2.05) is 0 Å². The third kappa shape index (κ3) is 16.8. The summed E-state index contributed by atoms with van der Waals surface area (Å²) in [4.78, 5) is 0. The number of imidazole rings is 1. The van der Waals surface area contributed by atoms with Crippen LogP contribution in [-0.4, -0.2) is 4.57 Å². The van der Waals surface area contributed by atoms with Crippen LogP contribution in [0.2, 0.25) is 0 Å². The van der Waals surface area contributed by atoms with E-state index in [1.165, 1.54) is 159 Å². The Bertz CT molecular complexity index is 1130. The summed E-state index contributed by atoms with van der Waals surface area (Å²) < 4.78 is 5.29. The Morgan fingerprint density at radius 2 is 1.02 bits per heavy atom. The van der Waals surface area contributed by atoms with Gasteiger partial charge in [0.1, 0.15) is 12.4 Å². The molecule has 0 fully saturated rings. The largest absolute Gasteiger partial charge is 0.256 e. The standard InChI is InChI=1S/C46H75N2/c1-4-6-8-10-12-14-15-16-17-18-19-21-25-31-42(3)48-40-39-47(38-30-22-20-13-11-9-7-5-2)46(48)37-36-45(44-34-28-24-29-35-44)41-43-32-26-23-27-33-43/h23-24,26-29,32-35,39-40,42,45H,4-22,25,30-31,36-38,41H2,1-3H3/q+1. The first-order chi connectivity index (χ1) is 23.7. The maximum atomic E-state index is 2.66. The van der Waals surface area contributed by atoms with Crippen LogP contribution in [0.4, 0.5) is 0 Å². The fraction of sp³-hybridized carbons (Fsp3) is 0.674. The molecule has 0 amide bonds. The number of rotatable bonds is 30. The van der Waals surface area contributed by atoms with Gasteiger partial charge in [-0.3, -0.25) is 0 Å². The number of nitrogens with zero attached hydrogens (tertiary/aromatic N) is 2. The van der Waals surface area contributed by atoms with Gasteiger partial charge in [0.05, 0.1) is 12.6 Å². The van der Waals surface area contributed by atoms with Gasteiger partial charge in [0.25, 0.3) is 5.82 Å². The van der Waals surface area contributed by atoms with Crippen molar-refractivity contribution in [2.45, 2.75) is 200 Å². The van der Waals surface area contributed by atoms with Crippen molar-refractivity contribution in [3.63, 3.8) is 0 Å². The lowest BCUT2D eigenvalue weighted by Gasteiger charge is -2.18. The highest BCUT2D eigenvalue weighted by Gasteiger charge is 2.23. The molecule has 2 heteroatoms. The molecular weight excluding hydrogens is 581 g/mol. The first-order valence-electron chi connectivity index (χ1n) is 20.9. The molecule has 3 aromatic rings. The van der Waals surface area contributed by atoms with Crippen LogP contribution >= 0.6 is 0 Å². The first kappa shape index (κ1) is 40.1. The van der Waals surface area contributed by atoms with Crippen molar-refractivity contribution in [3.05, 3.63) is 90.0 Å². The second-order valence-electron chi connectivity index (χ2n) is 15.0. The van der Waals surface area contributed by atoms with E-state index in [0.29, 0.717) is 12.0 Å². The molecule has 0 radical (unpaired) electrons. The van der Waals surface area contributed by atoms with Crippen LogP contribution in [0.25, 0.3) is 0 Å². The summed E-state index contributed by atoms with van der Waals surface area (Å²) in [6, 6.07) is 23.0. The zero-order valence-corrected chi connectivity index (χ0v) is 31.9. The molecule has 2 atom stereocenters. The van der Waals surface area contributed by atoms with Gasteiger partial charge in [0, 0.05) is 6.42 Å². The van der Waals surface area contributed by atoms with Crippen LogP contribution < -0.4 is 4.57 Å². The topological polar surface area (TPSA) is 8.81 Å². The minimum atomic E-state index is 0.532. The minimum absolute atomic E-state index is 0.532. The van der Waals surface area contributed by atoms with Crippen LogP contribution in [0.1, 0.15) is 197 Å². The van der Waals surface area contributed by atoms with E-state index in [1.54, 1.807) is 5.82 Å². The van der Waals surface area contributed by atoms with Gasteiger partial charge in [-0.2, -0.15) is 0 Å². The second kappa shape index (κ2) is 26.5. The smallest absolute Gasteiger partial charge is 0.234 e. The number of unbranched alkanes of at least 4 members (excludes halogenated alkanes) is 19. The lowest BCUT2D eigenvalue weighted by Crippen LogP contribution is -2.38. The zero-order chi connectivity index (χ0) is 33.9. The van der Waals surface area contributed by atoms with Crippen LogP contribution in [0.5, 0.6) is 0 Å². The van der Waals surface area contributed by atoms with Gasteiger partial charge in [-0.15, -0.1) is 0 Å². The average Bonchev–Trinajstić information content (AvgIpc) is 3.53. The molecule has 2 nitrogen and oxygen atoms in total. The predicted molar refractivity (Wildman–Crippen MR) is 210 cm³/mol. The van der Waals surface area contributed by atoms with E-state index in [9.17, 15) is 0 Å². The van der Waals surface area contributed by atoms with Gasteiger partial charge in [0.2, 0.25) is 0 Å². The molecular formula is C46H75N2+. The van der Waals surface area contributed by atoms with Crippen molar-refractivity contribution in [3.8, 4) is 0 Å². The molecule has 268 valence electrons. The SMILES string of the molecule is CCCCCCCCCCCCCCCC(C)n1cc[n+](CCCCCCCCCC)c1CCC(Cc1ccccc1)c1ccccc1. The van der Waals surface area contributed by atoms with Gasteiger partial charge >= 0.3 is 0 Å². The van der Waals surface area contributed by atoms with E-state index in [4.69, 9.17) is 0 Å². The van der Waals surface area contributed by atoms with Crippen LogP contribution in [0, 0.1) is 0 Å². The Balaban J connectivity index is 1.51. The van der Waals surface area contributed by atoms with E-state index in [-0.39, 0.29) is 0 Å². The molecule has 2 aromatic carbocycles. The fourth-order valence-corrected chi connectivity index (χ4v) is 7.68. The highest BCUT2D eigenvalue weighted by atomic mass is 15.2. The molecule has 0 saturated heterocycles. The van der Waals surface area contributed by atoms with Gasteiger partial charge in [-0.05, 0) is 62.5 Å². The minimum Gasteiger partial charge on any atom is -0.234 e. The quantitative estimate of drug-likeness (QED) is 0.0499. The normalized spacial score (nSPS) is 12.8. The number of aryl methyl sites for hydroxylation is 1. The van der Waals surface area contributed by atoms with Gasteiger partial charge in [-0.25, -0.2) is 9.13 Å². The third-order valence-corrected chi connectivity index (χ3v) is 10.8. The van der Waals surface area contributed by atoms with Crippen molar-refractivity contribution < 1.29 is 4.57 Å². The Morgan fingerprint density at radius 3 is 1.56 bits per heavy atom. The predicted octanol–water partition coefficient (Wildman–Crippen LogP) is 13.9. The molecule has 3 rings (SSSR count). The van der Waals surface area contributed by atoms with E-state index < -0.39 is 0 Å². The molecule has 1 aromatic heterocycles. The summed E-state index contributed by atoms with van der Waals surface area (Å²) >= 11 is 0. The van der Waals surface area contributed by atoms with Crippen LogP contribution in [0.15, 0.2) is 73.1 Å². The van der Waals surface area contributed by atoms with E-state index in [2.05, 4.69) is 103 Å². The van der Waals surface area contributed by atoms with Crippen molar-refractivity contribution in [2.75, 3.05) is 0 Å². The third-order valence-electron chi connectivity index (χ3n) is 10.8. The molecule has 2 unspecified atom stereocenters. The molecule has 48 heavy (non-hydrogen) atoms. The Kier molecular flexibility index (Phi) is 22.1. The molecule has 0 aliphatic heterocycles. The summed E-state index contributed by atoms with van der Waals surface area (Å²) in [5.41, 5.74) is 2.93. The lowest BCUT2D eigenvalue weighted by molar-refractivity contribution is -0.704. The van der Waals surface area contributed by atoms with E-state index in [0.717, 1.165) is 19.4 Å². The Hall–Kier alpha value is -2.35. The summed E-state index contributed by atoms with van der Waals surface area (Å²) in [6.07, 6.45) is 39.1.